The molecule has 2 aromatic carbocycles. The molecule has 160 valence electrons. The predicted molar refractivity (Wildman–Crippen MR) is 118 cm³/mol. The smallest absolute Gasteiger partial charge is 0.255 e. The average molecular weight is 418 g/mol. The molecule has 0 unspecified atom stereocenters. The number of amides is 2. The van der Waals surface area contributed by atoms with Crippen molar-refractivity contribution in [2.75, 3.05) is 26.7 Å². The fourth-order valence-electron chi connectivity index (χ4n) is 3.68. The average Bonchev–Trinajstić information content (AvgIpc) is 3.48. The summed E-state index contributed by atoms with van der Waals surface area (Å²) in [6.45, 7) is 3.52. The van der Waals surface area contributed by atoms with Crippen LogP contribution < -0.4 is 10.1 Å². The maximum absolute atomic E-state index is 13.0. The molecule has 1 aliphatic heterocycles. The van der Waals surface area contributed by atoms with Crippen molar-refractivity contribution < 1.29 is 14.3 Å². The molecule has 1 aromatic heterocycles. The van der Waals surface area contributed by atoms with Crippen LogP contribution in [0.3, 0.4) is 0 Å². The van der Waals surface area contributed by atoms with Crippen molar-refractivity contribution in [3.05, 3.63) is 65.9 Å². The number of hydrogen-bond acceptors (Lipinski definition) is 4. The molecule has 2 amide bonds. The first-order valence-electron chi connectivity index (χ1n) is 10.4. The van der Waals surface area contributed by atoms with E-state index >= 15 is 0 Å². The minimum Gasteiger partial charge on any atom is -0.497 e. The van der Waals surface area contributed by atoms with Crippen molar-refractivity contribution in [3.8, 4) is 22.7 Å². The third kappa shape index (κ3) is 4.60. The summed E-state index contributed by atoms with van der Waals surface area (Å²) < 4.78 is 7.02. The van der Waals surface area contributed by atoms with E-state index in [0.29, 0.717) is 17.0 Å². The third-order valence-electron chi connectivity index (χ3n) is 5.46. The Kier molecular flexibility index (Phi) is 6.02. The highest BCUT2D eigenvalue weighted by atomic mass is 16.5. The highest BCUT2D eigenvalue weighted by molar-refractivity contribution is 6.01. The Bertz CT molecular complexity index is 1080. The normalized spacial score (nSPS) is 13.3. The van der Waals surface area contributed by atoms with Crippen LogP contribution in [-0.2, 0) is 4.79 Å². The van der Waals surface area contributed by atoms with Crippen LogP contribution in [0.25, 0.3) is 16.9 Å². The lowest BCUT2D eigenvalue weighted by atomic mass is 10.1. The highest BCUT2D eigenvalue weighted by Gasteiger charge is 2.22. The van der Waals surface area contributed by atoms with Gasteiger partial charge in [0.2, 0.25) is 5.91 Å². The number of rotatable bonds is 6. The number of likely N-dealkylation sites (tertiary alicyclic amines) is 1. The predicted octanol–water partition coefficient (Wildman–Crippen LogP) is 3.21. The zero-order valence-electron chi connectivity index (χ0n) is 17.8. The molecule has 2 heterocycles. The zero-order chi connectivity index (χ0) is 21.8. The second-order valence-electron chi connectivity index (χ2n) is 7.67. The fourth-order valence-corrected chi connectivity index (χ4v) is 3.68. The van der Waals surface area contributed by atoms with E-state index in [9.17, 15) is 9.59 Å². The molecule has 0 radical (unpaired) electrons. The Hall–Kier alpha value is -3.61. The molecule has 0 spiro atoms. The molecule has 31 heavy (non-hydrogen) atoms. The second-order valence-corrected chi connectivity index (χ2v) is 7.67. The molecule has 3 aromatic rings. The minimum absolute atomic E-state index is 0.0217. The molecule has 7 nitrogen and oxygen atoms in total. The molecule has 1 N–H and O–H groups in total. The lowest BCUT2D eigenvalue weighted by Crippen LogP contribution is -2.38. The summed E-state index contributed by atoms with van der Waals surface area (Å²) in [4.78, 5) is 27.2. The number of benzene rings is 2. The van der Waals surface area contributed by atoms with E-state index in [4.69, 9.17) is 4.74 Å². The standard InChI is InChI=1S/C24H26N4O3/c1-17-8-10-19(11-9-17)28-16-21(23(26-28)18-6-5-7-20(14-18)31-2)24(30)25-15-22(29)27-12-3-4-13-27/h5-11,14,16H,3-4,12-13,15H2,1-2H3,(H,25,30). The summed E-state index contributed by atoms with van der Waals surface area (Å²) in [6, 6.07) is 15.3. The Morgan fingerprint density at radius 1 is 1.10 bits per heavy atom. The topological polar surface area (TPSA) is 76.5 Å². The van der Waals surface area contributed by atoms with Gasteiger partial charge in [-0.15, -0.1) is 0 Å². The number of hydrogen-bond donors (Lipinski definition) is 1. The number of carbonyl (C=O) groups is 2. The molecular weight excluding hydrogens is 392 g/mol. The van der Waals surface area contributed by atoms with E-state index < -0.39 is 0 Å². The first-order valence-corrected chi connectivity index (χ1v) is 10.4. The summed E-state index contributed by atoms with van der Waals surface area (Å²) in [5.41, 5.74) is 3.69. The molecule has 4 rings (SSSR count). The van der Waals surface area contributed by atoms with Crippen molar-refractivity contribution in [2.24, 2.45) is 0 Å². The van der Waals surface area contributed by atoms with Gasteiger partial charge in [-0.3, -0.25) is 9.59 Å². The quantitative estimate of drug-likeness (QED) is 0.667. The first kappa shape index (κ1) is 20.7. The van der Waals surface area contributed by atoms with Crippen LogP contribution in [0.1, 0.15) is 28.8 Å². The van der Waals surface area contributed by atoms with Crippen molar-refractivity contribution in [3.63, 3.8) is 0 Å². The van der Waals surface area contributed by atoms with E-state index in [0.717, 1.165) is 42.7 Å². The largest absolute Gasteiger partial charge is 0.497 e. The number of nitrogens with zero attached hydrogens (tertiary/aromatic N) is 3. The number of nitrogens with one attached hydrogen (secondary N) is 1. The number of aromatic nitrogens is 2. The van der Waals surface area contributed by atoms with Crippen LogP contribution in [0.4, 0.5) is 0 Å². The fraction of sp³-hybridized carbons (Fsp3) is 0.292. The number of aryl methyl sites for hydroxylation is 1. The molecular formula is C24H26N4O3. The molecule has 7 heteroatoms. The van der Waals surface area contributed by atoms with Crippen LogP contribution in [0.15, 0.2) is 54.7 Å². The van der Waals surface area contributed by atoms with Crippen molar-refractivity contribution in [1.82, 2.24) is 20.0 Å². The summed E-state index contributed by atoms with van der Waals surface area (Å²) in [6.07, 6.45) is 3.74. The summed E-state index contributed by atoms with van der Waals surface area (Å²) >= 11 is 0. The lowest BCUT2D eigenvalue weighted by molar-refractivity contribution is -0.129. The zero-order valence-corrected chi connectivity index (χ0v) is 17.8. The van der Waals surface area contributed by atoms with Crippen LogP contribution in [0, 0.1) is 6.92 Å². The Labute approximate surface area is 181 Å². The van der Waals surface area contributed by atoms with Crippen LogP contribution in [0.2, 0.25) is 0 Å². The number of carbonyl (C=O) groups excluding carboxylic acids is 2. The molecule has 1 saturated heterocycles. The molecule has 0 bridgehead atoms. The van der Waals surface area contributed by atoms with E-state index in [2.05, 4.69) is 10.4 Å². The van der Waals surface area contributed by atoms with Gasteiger partial charge in [0.1, 0.15) is 11.4 Å². The monoisotopic (exact) mass is 418 g/mol. The van der Waals surface area contributed by atoms with E-state index in [1.54, 1.807) is 22.9 Å². The van der Waals surface area contributed by atoms with Gasteiger partial charge in [-0.05, 0) is 44.0 Å². The van der Waals surface area contributed by atoms with Crippen molar-refractivity contribution in [1.29, 1.82) is 0 Å². The summed E-state index contributed by atoms with van der Waals surface area (Å²) in [5, 5.41) is 7.46. The van der Waals surface area contributed by atoms with Gasteiger partial charge in [-0.25, -0.2) is 4.68 Å². The Balaban J connectivity index is 1.64. The highest BCUT2D eigenvalue weighted by Crippen LogP contribution is 2.27. The number of ether oxygens (including phenoxy) is 1. The van der Waals surface area contributed by atoms with E-state index in [1.807, 2.05) is 55.5 Å². The molecule has 0 saturated carbocycles. The molecule has 1 aliphatic rings. The van der Waals surface area contributed by atoms with Gasteiger partial charge in [0.05, 0.1) is 24.9 Å². The van der Waals surface area contributed by atoms with Gasteiger partial charge in [0.25, 0.3) is 5.91 Å². The van der Waals surface area contributed by atoms with Crippen LogP contribution >= 0.6 is 0 Å². The number of methoxy groups -OCH3 is 1. The summed E-state index contributed by atoms with van der Waals surface area (Å²) in [5.74, 6) is 0.293. The second kappa shape index (κ2) is 9.04. The molecule has 0 atom stereocenters. The molecule has 0 aliphatic carbocycles. The minimum atomic E-state index is -0.330. The van der Waals surface area contributed by atoms with Gasteiger partial charge >= 0.3 is 0 Å². The van der Waals surface area contributed by atoms with Gasteiger partial charge < -0.3 is 15.0 Å². The van der Waals surface area contributed by atoms with Gasteiger partial charge in [0, 0.05) is 24.8 Å². The van der Waals surface area contributed by atoms with Crippen molar-refractivity contribution >= 4 is 11.8 Å². The Morgan fingerprint density at radius 2 is 1.84 bits per heavy atom. The van der Waals surface area contributed by atoms with E-state index in [-0.39, 0.29) is 18.4 Å². The maximum Gasteiger partial charge on any atom is 0.255 e. The van der Waals surface area contributed by atoms with Gasteiger partial charge in [-0.1, -0.05) is 29.8 Å². The maximum atomic E-state index is 13.0. The van der Waals surface area contributed by atoms with Gasteiger partial charge in [-0.2, -0.15) is 5.10 Å². The van der Waals surface area contributed by atoms with Crippen molar-refractivity contribution in [2.45, 2.75) is 19.8 Å². The van der Waals surface area contributed by atoms with Crippen LogP contribution in [0.5, 0.6) is 5.75 Å². The third-order valence-corrected chi connectivity index (χ3v) is 5.46. The lowest BCUT2D eigenvalue weighted by Gasteiger charge is -2.15. The van der Waals surface area contributed by atoms with Gasteiger partial charge in [0.15, 0.2) is 0 Å². The van der Waals surface area contributed by atoms with Crippen LogP contribution in [-0.4, -0.2) is 53.2 Å². The van der Waals surface area contributed by atoms with E-state index in [1.165, 1.54) is 0 Å². The first-order chi connectivity index (χ1) is 15.0. The molecule has 1 fully saturated rings. The summed E-state index contributed by atoms with van der Waals surface area (Å²) in [7, 11) is 1.60. The SMILES string of the molecule is COc1cccc(-c2nn(-c3ccc(C)cc3)cc2C(=O)NCC(=O)N2CCCC2)c1. The Morgan fingerprint density at radius 3 is 2.55 bits per heavy atom.